The lowest BCUT2D eigenvalue weighted by molar-refractivity contribution is -0.120. The number of methoxy groups -OCH3 is 1. The molecule has 2 aliphatic rings. The van der Waals surface area contributed by atoms with Crippen LogP contribution in [0.25, 0.3) is 10.9 Å². The molecule has 180 valence electrons. The van der Waals surface area contributed by atoms with Crippen molar-refractivity contribution < 1.29 is 24.1 Å². The Kier molecular flexibility index (Phi) is 5.69. The van der Waals surface area contributed by atoms with Crippen LogP contribution in [0.4, 0.5) is 0 Å². The minimum Gasteiger partial charge on any atom is -0.454 e. The second kappa shape index (κ2) is 8.43. The Morgan fingerprint density at radius 1 is 1.12 bits per heavy atom. The SMILES string of the molecule is COCC(O)Cn1c(C(C)(C)C)cc2cc(CC(=O)C3(c4ccc5c(c4)OCO5)CC3)ccc21. The Morgan fingerprint density at radius 3 is 2.59 bits per heavy atom. The van der Waals surface area contributed by atoms with Gasteiger partial charge in [-0.2, -0.15) is 0 Å². The van der Waals surface area contributed by atoms with Crippen LogP contribution in [0.15, 0.2) is 42.5 Å². The highest BCUT2D eigenvalue weighted by Gasteiger charge is 2.50. The van der Waals surface area contributed by atoms with Crippen LogP contribution in [0.2, 0.25) is 0 Å². The molecule has 1 aliphatic carbocycles. The Labute approximate surface area is 200 Å². The molecule has 1 N–H and O–H groups in total. The standard InChI is InChI=1S/C28H33NO5/c1-27(2,3)25-13-19-11-18(5-7-22(19)29(25)15-21(30)16-32-4)12-26(31)28(9-10-28)20-6-8-23-24(14-20)34-17-33-23/h5-8,11,13-14,21,30H,9-10,12,15-17H2,1-4H3. The number of hydrogen-bond acceptors (Lipinski definition) is 5. The van der Waals surface area contributed by atoms with Crippen molar-refractivity contribution in [2.45, 2.75) is 63.5 Å². The van der Waals surface area contributed by atoms with Gasteiger partial charge in [-0.05, 0) is 54.3 Å². The normalized spacial score (nSPS) is 17.2. The fourth-order valence-corrected chi connectivity index (χ4v) is 5.11. The predicted molar refractivity (Wildman–Crippen MR) is 131 cm³/mol. The van der Waals surface area contributed by atoms with Crippen molar-refractivity contribution in [1.82, 2.24) is 4.57 Å². The highest BCUT2D eigenvalue weighted by atomic mass is 16.7. The summed E-state index contributed by atoms with van der Waals surface area (Å²) in [5, 5.41) is 11.5. The second-order valence-corrected chi connectivity index (χ2v) is 10.6. The van der Waals surface area contributed by atoms with Gasteiger partial charge in [0.1, 0.15) is 5.78 Å². The lowest BCUT2D eigenvalue weighted by atomic mass is 9.87. The maximum Gasteiger partial charge on any atom is 0.231 e. The first kappa shape index (κ1) is 22.9. The van der Waals surface area contributed by atoms with Crippen molar-refractivity contribution in [3.05, 3.63) is 59.3 Å². The van der Waals surface area contributed by atoms with Gasteiger partial charge in [-0.15, -0.1) is 0 Å². The summed E-state index contributed by atoms with van der Waals surface area (Å²) in [6, 6.07) is 14.3. The minimum atomic E-state index is -0.584. The summed E-state index contributed by atoms with van der Waals surface area (Å²) >= 11 is 0. The van der Waals surface area contributed by atoms with Crippen molar-refractivity contribution in [3.63, 3.8) is 0 Å². The number of nitrogens with zero attached hydrogens (tertiary/aromatic N) is 1. The average molecular weight is 464 g/mol. The van der Waals surface area contributed by atoms with Crippen molar-refractivity contribution >= 4 is 16.7 Å². The van der Waals surface area contributed by atoms with Crippen LogP contribution in [0.1, 0.15) is 50.4 Å². The lowest BCUT2D eigenvalue weighted by Crippen LogP contribution is -2.25. The van der Waals surface area contributed by atoms with Crippen LogP contribution >= 0.6 is 0 Å². The second-order valence-electron chi connectivity index (χ2n) is 10.6. The van der Waals surface area contributed by atoms with Crippen LogP contribution in [0.3, 0.4) is 0 Å². The molecular formula is C28H33NO5. The van der Waals surface area contributed by atoms with Crippen molar-refractivity contribution in [2.24, 2.45) is 0 Å². The van der Waals surface area contributed by atoms with E-state index in [0.29, 0.717) is 13.0 Å². The Bertz CT molecular complexity index is 1230. The van der Waals surface area contributed by atoms with Crippen LogP contribution in [0, 0.1) is 0 Å². The molecule has 1 aromatic heterocycles. The summed E-state index contributed by atoms with van der Waals surface area (Å²) in [5.74, 6) is 1.72. The molecule has 1 saturated carbocycles. The molecule has 0 bridgehead atoms. The summed E-state index contributed by atoms with van der Waals surface area (Å²) in [6.07, 6.45) is 1.55. The van der Waals surface area contributed by atoms with Gasteiger partial charge in [0, 0.05) is 35.5 Å². The van der Waals surface area contributed by atoms with E-state index >= 15 is 0 Å². The van der Waals surface area contributed by atoms with Crippen LogP contribution < -0.4 is 9.47 Å². The molecule has 6 heteroatoms. The fourth-order valence-electron chi connectivity index (χ4n) is 5.11. The number of rotatable bonds is 8. The number of fused-ring (bicyclic) bond motifs is 2. The van der Waals surface area contributed by atoms with E-state index in [2.05, 4.69) is 43.5 Å². The number of ketones is 1. The molecule has 2 heterocycles. The summed E-state index contributed by atoms with van der Waals surface area (Å²) < 4.78 is 18.3. The largest absolute Gasteiger partial charge is 0.454 e. The Morgan fingerprint density at radius 2 is 1.88 bits per heavy atom. The van der Waals surface area contributed by atoms with E-state index in [-0.39, 0.29) is 24.6 Å². The minimum absolute atomic E-state index is 0.0841. The smallest absolute Gasteiger partial charge is 0.231 e. The molecule has 3 aromatic rings. The molecule has 0 saturated heterocycles. The topological polar surface area (TPSA) is 69.9 Å². The van der Waals surface area contributed by atoms with Gasteiger partial charge < -0.3 is 23.9 Å². The summed E-state index contributed by atoms with van der Waals surface area (Å²) in [6.45, 7) is 7.51. The molecule has 1 unspecified atom stereocenters. The summed E-state index contributed by atoms with van der Waals surface area (Å²) in [5.41, 5.74) is 3.76. The first-order valence-electron chi connectivity index (χ1n) is 11.9. The zero-order valence-corrected chi connectivity index (χ0v) is 20.4. The molecule has 1 atom stereocenters. The Hall–Kier alpha value is -2.83. The third-order valence-electron chi connectivity index (χ3n) is 7.06. The third kappa shape index (κ3) is 4.10. The quantitative estimate of drug-likeness (QED) is 0.532. The van der Waals surface area contributed by atoms with Gasteiger partial charge in [-0.25, -0.2) is 0 Å². The van der Waals surface area contributed by atoms with E-state index in [1.54, 1.807) is 7.11 Å². The monoisotopic (exact) mass is 463 g/mol. The number of ether oxygens (including phenoxy) is 3. The van der Waals surface area contributed by atoms with Gasteiger partial charge >= 0.3 is 0 Å². The van der Waals surface area contributed by atoms with E-state index < -0.39 is 11.5 Å². The number of carbonyl (C=O) groups excluding carboxylic acids is 1. The number of Topliss-reactive ketones (excluding diaryl/α,β-unsaturated/α-hetero) is 1. The number of benzene rings is 2. The lowest BCUT2D eigenvalue weighted by Gasteiger charge is -2.23. The van der Waals surface area contributed by atoms with Crippen molar-refractivity contribution in [2.75, 3.05) is 20.5 Å². The van der Waals surface area contributed by atoms with Crippen LogP contribution in [-0.4, -0.2) is 42.1 Å². The highest BCUT2D eigenvalue weighted by molar-refractivity contribution is 5.95. The van der Waals surface area contributed by atoms with E-state index in [0.717, 1.165) is 52.1 Å². The molecule has 0 radical (unpaired) electrons. The molecule has 1 aliphatic heterocycles. The molecule has 1 fully saturated rings. The molecule has 5 rings (SSSR count). The van der Waals surface area contributed by atoms with E-state index in [4.69, 9.17) is 14.2 Å². The number of aliphatic hydroxyl groups excluding tert-OH is 1. The van der Waals surface area contributed by atoms with Gasteiger partial charge in [-0.1, -0.05) is 32.9 Å². The van der Waals surface area contributed by atoms with Gasteiger partial charge in [0.05, 0.1) is 24.7 Å². The van der Waals surface area contributed by atoms with Gasteiger partial charge in [0.15, 0.2) is 11.5 Å². The van der Waals surface area contributed by atoms with Crippen LogP contribution in [-0.2, 0) is 33.3 Å². The van der Waals surface area contributed by atoms with E-state index in [1.165, 1.54) is 0 Å². The van der Waals surface area contributed by atoms with E-state index in [1.807, 2.05) is 24.3 Å². The number of aliphatic hydroxyl groups is 1. The Balaban J connectivity index is 1.42. The maximum absolute atomic E-state index is 13.5. The zero-order chi connectivity index (χ0) is 24.1. The summed E-state index contributed by atoms with van der Waals surface area (Å²) in [7, 11) is 1.60. The van der Waals surface area contributed by atoms with Crippen LogP contribution in [0.5, 0.6) is 11.5 Å². The first-order chi connectivity index (χ1) is 16.2. The molecule has 34 heavy (non-hydrogen) atoms. The molecular weight excluding hydrogens is 430 g/mol. The molecule has 6 nitrogen and oxygen atoms in total. The highest BCUT2D eigenvalue weighted by Crippen LogP contribution is 2.51. The maximum atomic E-state index is 13.5. The summed E-state index contributed by atoms with van der Waals surface area (Å²) in [4.78, 5) is 13.5. The average Bonchev–Trinajstić information content (AvgIpc) is 3.33. The number of aromatic nitrogens is 1. The number of carbonyl (C=O) groups is 1. The number of hydrogen-bond donors (Lipinski definition) is 1. The fraction of sp³-hybridized carbons (Fsp3) is 0.464. The first-order valence-corrected chi connectivity index (χ1v) is 11.9. The van der Waals surface area contributed by atoms with Gasteiger partial charge in [0.2, 0.25) is 6.79 Å². The molecule has 2 aromatic carbocycles. The zero-order valence-electron chi connectivity index (χ0n) is 20.4. The van der Waals surface area contributed by atoms with Gasteiger partial charge in [0.25, 0.3) is 0 Å². The van der Waals surface area contributed by atoms with E-state index in [9.17, 15) is 9.90 Å². The van der Waals surface area contributed by atoms with Gasteiger partial charge in [-0.3, -0.25) is 4.79 Å². The molecule has 0 amide bonds. The predicted octanol–water partition coefficient (Wildman–Crippen LogP) is 4.52. The van der Waals surface area contributed by atoms with Crippen molar-refractivity contribution in [1.29, 1.82) is 0 Å². The van der Waals surface area contributed by atoms with Crippen molar-refractivity contribution in [3.8, 4) is 11.5 Å². The third-order valence-corrected chi connectivity index (χ3v) is 7.06. The molecule has 0 spiro atoms.